The molecule has 7 heteroatoms. The number of carbonyl (C=O) groups is 2. The monoisotopic (exact) mass is 374 g/mol. The van der Waals surface area contributed by atoms with Crippen molar-refractivity contribution in [3.05, 3.63) is 17.0 Å². The minimum absolute atomic E-state index is 0.00250. The van der Waals surface area contributed by atoms with E-state index in [0.717, 1.165) is 69.5 Å². The van der Waals surface area contributed by atoms with Crippen LogP contribution in [0, 0.1) is 0 Å². The van der Waals surface area contributed by atoms with E-state index in [1.165, 1.54) is 0 Å². The Balaban J connectivity index is 1.54. The Labute approximate surface area is 160 Å². The van der Waals surface area contributed by atoms with Gasteiger partial charge in [-0.05, 0) is 46.1 Å². The highest BCUT2D eigenvalue weighted by atomic mass is 16.5. The van der Waals surface area contributed by atoms with Crippen molar-refractivity contribution in [2.75, 3.05) is 39.8 Å². The number of aryl methyl sites for hydroxylation is 1. The molecule has 4 rings (SSSR count). The van der Waals surface area contributed by atoms with Crippen molar-refractivity contribution in [3.63, 3.8) is 0 Å². The Morgan fingerprint density at radius 1 is 1.15 bits per heavy atom. The number of carbonyl (C=O) groups excluding carboxylic acids is 2. The van der Waals surface area contributed by atoms with Crippen LogP contribution >= 0.6 is 0 Å². The van der Waals surface area contributed by atoms with Crippen LogP contribution in [0.25, 0.3) is 0 Å². The summed E-state index contributed by atoms with van der Waals surface area (Å²) in [5.41, 5.74) is 1.41. The molecule has 0 N–H and O–H groups in total. The molecule has 0 radical (unpaired) electrons. The third-order valence-corrected chi connectivity index (χ3v) is 6.83. The summed E-state index contributed by atoms with van der Waals surface area (Å²) in [5, 5.41) is 4.14. The normalized spacial score (nSPS) is 27.0. The van der Waals surface area contributed by atoms with Gasteiger partial charge in [-0.1, -0.05) is 5.16 Å². The predicted octanol–water partition coefficient (Wildman–Crippen LogP) is 1.71. The van der Waals surface area contributed by atoms with Gasteiger partial charge in [-0.15, -0.1) is 0 Å². The van der Waals surface area contributed by atoms with Crippen LogP contribution < -0.4 is 0 Å². The second kappa shape index (κ2) is 7.26. The van der Waals surface area contributed by atoms with Crippen molar-refractivity contribution < 1.29 is 14.1 Å². The molecule has 1 atom stereocenters. The van der Waals surface area contributed by atoms with E-state index in [1.807, 2.05) is 16.7 Å². The maximum atomic E-state index is 13.2. The molecule has 148 valence electrons. The average molecular weight is 374 g/mol. The van der Waals surface area contributed by atoms with Gasteiger partial charge in [-0.2, -0.15) is 0 Å². The number of likely N-dealkylation sites (N-methyl/N-ethyl adjacent to an activating group) is 1. The van der Waals surface area contributed by atoms with Gasteiger partial charge in [0, 0.05) is 56.7 Å². The van der Waals surface area contributed by atoms with E-state index in [4.69, 9.17) is 4.52 Å². The lowest BCUT2D eigenvalue weighted by molar-refractivity contribution is -0.130. The summed E-state index contributed by atoms with van der Waals surface area (Å²) in [6, 6.07) is 0. The van der Waals surface area contributed by atoms with Gasteiger partial charge in [0.2, 0.25) is 5.91 Å². The first-order valence-corrected chi connectivity index (χ1v) is 10.3. The van der Waals surface area contributed by atoms with Gasteiger partial charge in [0.15, 0.2) is 5.69 Å². The first kappa shape index (κ1) is 18.5. The molecule has 1 spiro atoms. The van der Waals surface area contributed by atoms with Crippen LogP contribution in [0.3, 0.4) is 0 Å². The number of nitrogens with zero attached hydrogens (tertiary/aromatic N) is 4. The van der Waals surface area contributed by atoms with Crippen molar-refractivity contribution in [2.24, 2.45) is 0 Å². The highest BCUT2D eigenvalue weighted by Gasteiger charge is 2.44. The number of aromatic nitrogens is 1. The molecular formula is C20H30N4O3. The number of amides is 2. The van der Waals surface area contributed by atoms with Crippen molar-refractivity contribution >= 4 is 11.8 Å². The quantitative estimate of drug-likeness (QED) is 0.788. The smallest absolute Gasteiger partial charge is 0.276 e. The van der Waals surface area contributed by atoms with Gasteiger partial charge in [0.1, 0.15) is 5.76 Å². The molecule has 1 aromatic rings. The average Bonchev–Trinajstić information content (AvgIpc) is 3.05. The molecule has 0 saturated carbocycles. The fourth-order valence-electron chi connectivity index (χ4n) is 4.90. The zero-order valence-corrected chi connectivity index (χ0v) is 16.5. The lowest BCUT2D eigenvalue weighted by Crippen LogP contribution is -2.62. The molecule has 0 bridgehead atoms. The molecule has 27 heavy (non-hydrogen) atoms. The number of rotatable bonds is 2. The highest BCUT2D eigenvalue weighted by molar-refractivity contribution is 5.94. The van der Waals surface area contributed by atoms with Crippen LogP contribution in [0.15, 0.2) is 4.52 Å². The fourth-order valence-corrected chi connectivity index (χ4v) is 4.90. The molecule has 1 aromatic heterocycles. The standard InChI is InChI=1S/C20H30N4O3/c1-3-23-11-10-20(9-8-17(23)25)14-24(13-12-22(20)2)19(26)18-15-6-4-5-7-16(15)27-21-18/h3-14H2,1-2H3/t20-/m0/s1. The van der Waals surface area contributed by atoms with E-state index in [9.17, 15) is 9.59 Å². The molecule has 7 nitrogen and oxygen atoms in total. The van der Waals surface area contributed by atoms with Crippen molar-refractivity contribution in [3.8, 4) is 0 Å². The molecule has 3 heterocycles. The summed E-state index contributed by atoms with van der Waals surface area (Å²) in [4.78, 5) is 31.8. The van der Waals surface area contributed by atoms with Gasteiger partial charge < -0.3 is 14.3 Å². The molecule has 0 unspecified atom stereocenters. The predicted molar refractivity (Wildman–Crippen MR) is 101 cm³/mol. The van der Waals surface area contributed by atoms with Crippen molar-refractivity contribution in [1.29, 1.82) is 0 Å². The number of piperazine rings is 1. The van der Waals surface area contributed by atoms with E-state index in [2.05, 4.69) is 17.1 Å². The van der Waals surface area contributed by atoms with Crippen molar-refractivity contribution in [1.82, 2.24) is 19.9 Å². The lowest BCUT2D eigenvalue weighted by Gasteiger charge is -2.49. The minimum atomic E-state index is -0.128. The Morgan fingerprint density at radius 3 is 2.78 bits per heavy atom. The largest absolute Gasteiger partial charge is 0.360 e. The molecule has 2 saturated heterocycles. The maximum Gasteiger partial charge on any atom is 0.276 e. The third-order valence-electron chi connectivity index (χ3n) is 6.83. The van der Waals surface area contributed by atoms with E-state index < -0.39 is 0 Å². The van der Waals surface area contributed by atoms with Crippen molar-refractivity contribution in [2.45, 2.75) is 57.4 Å². The van der Waals surface area contributed by atoms with Crippen LogP contribution in [0.1, 0.15) is 60.8 Å². The number of hydrogen-bond donors (Lipinski definition) is 0. The summed E-state index contributed by atoms with van der Waals surface area (Å²) < 4.78 is 5.46. The molecular weight excluding hydrogens is 344 g/mol. The Hall–Kier alpha value is -1.89. The number of fused-ring (bicyclic) bond motifs is 1. The second-order valence-electron chi connectivity index (χ2n) is 8.24. The van der Waals surface area contributed by atoms with Crippen LogP contribution in [0.5, 0.6) is 0 Å². The second-order valence-corrected chi connectivity index (χ2v) is 8.24. The van der Waals surface area contributed by atoms with E-state index in [-0.39, 0.29) is 17.4 Å². The molecule has 2 fully saturated rings. The first-order valence-electron chi connectivity index (χ1n) is 10.3. The minimum Gasteiger partial charge on any atom is -0.360 e. The van der Waals surface area contributed by atoms with Crippen LogP contribution in [0.2, 0.25) is 0 Å². The molecule has 2 aliphatic heterocycles. The van der Waals surface area contributed by atoms with Crippen LogP contribution in [0.4, 0.5) is 0 Å². The fraction of sp³-hybridized carbons (Fsp3) is 0.750. The Bertz CT molecular complexity index is 731. The molecule has 3 aliphatic rings. The van der Waals surface area contributed by atoms with E-state index in [1.54, 1.807) is 0 Å². The van der Waals surface area contributed by atoms with Gasteiger partial charge in [0.05, 0.1) is 0 Å². The summed E-state index contributed by atoms with van der Waals surface area (Å²) in [6.07, 6.45) is 6.24. The van der Waals surface area contributed by atoms with Gasteiger partial charge in [-0.3, -0.25) is 14.5 Å². The maximum absolute atomic E-state index is 13.2. The van der Waals surface area contributed by atoms with Gasteiger partial charge in [-0.25, -0.2) is 0 Å². The van der Waals surface area contributed by atoms with E-state index >= 15 is 0 Å². The van der Waals surface area contributed by atoms with E-state index in [0.29, 0.717) is 25.2 Å². The SMILES string of the molecule is CCN1CC[C@@]2(CCC1=O)CN(C(=O)c1noc3c1CCCC3)CCN2C. The van der Waals surface area contributed by atoms with Crippen LogP contribution in [-0.2, 0) is 17.6 Å². The lowest BCUT2D eigenvalue weighted by atomic mass is 9.86. The van der Waals surface area contributed by atoms with Crippen LogP contribution in [-0.4, -0.2) is 77.0 Å². The molecule has 2 amide bonds. The third kappa shape index (κ3) is 3.26. The summed E-state index contributed by atoms with van der Waals surface area (Å²) in [5.74, 6) is 1.13. The topological polar surface area (TPSA) is 69.9 Å². The zero-order chi connectivity index (χ0) is 19.0. The zero-order valence-electron chi connectivity index (χ0n) is 16.5. The Kier molecular flexibility index (Phi) is 4.97. The first-order chi connectivity index (χ1) is 13.0. The summed E-state index contributed by atoms with van der Waals surface area (Å²) in [6.45, 7) is 5.74. The number of hydrogen-bond acceptors (Lipinski definition) is 5. The van der Waals surface area contributed by atoms with Gasteiger partial charge >= 0.3 is 0 Å². The number of likely N-dealkylation sites (tertiary alicyclic amines) is 1. The Morgan fingerprint density at radius 2 is 1.96 bits per heavy atom. The molecule has 1 aliphatic carbocycles. The molecule has 0 aromatic carbocycles. The highest BCUT2D eigenvalue weighted by Crippen LogP contribution is 2.33. The van der Waals surface area contributed by atoms with Gasteiger partial charge in [0.25, 0.3) is 5.91 Å². The summed E-state index contributed by atoms with van der Waals surface area (Å²) in [7, 11) is 2.13. The summed E-state index contributed by atoms with van der Waals surface area (Å²) >= 11 is 0.